The van der Waals surface area contributed by atoms with Gasteiger partial charge in [-0.25, -0.2) is 0 Å². The van der Waals surface area contributed by atoms with Crippen molar-refractivity contribution in [2.75, 3.05) is 6.54 Å². The molecule has 0 radical (unpaired) electrons. The molecule has 1 atom stereocenters. The van der Waals surface area contributed by atoms with E-state index in [1.165, 1.54) is 16.6 Å². The third kappa shape index (κ3) is 4.39. The van der Waals surface area contributed by atoms with Gasteiger partial charge in [0.15, 0.2) is 11.0 Å². The van der Waals surface area contributed by atoms with Crippen LogP contribution in [-0.2, 0) is 11.2 Å². The van der Waals surface area contributed by atoms with Crippen molar-refractivity contribution in [2.45, 2.75) is 42.6 Å². The number of thioether (sulfide) groups is 1. The summed E-state index contributed by atoms with van der Waals surface area (Å²) in [6.45, 7) is 2.57. The molecule has 1 aliphatic carbocycles. The molecule has 1 N–H and O–H groups in total. The highest BCUT2D eigenvalue weighted by atomic mass is 32.2. The summed E-state index contributed by atoms with van der Waals surface area (Å²) in [6.07, 6.45) is 6.67. The number of aromatic nitrogens is 4. The average Bonchev–Trinajstić information content (AvgIpc) is 3.22. The van der Waals surface area contributed by atoms with Gasteiger partial charge < -0.3 is 5.32 Å². The fourth-order valence-corrected chi connectivity index (χ4v) is 4.48. The molecule has 8 heteroatoms. The van der Waals surface area contributed by atoms with Gasteiger partial charge in [-0.3, -0.25) is 14.3 Å². The maximum atomic E-state index is 12.5. The molecule has 3 aromatic rings. The second-order valence-corrected chi connectivity index (χ2v) is 8.87. The van der Waals surface area contributed by atoms with Crippen molar-refractivity contribution in [1.29, 1.82) is 0 Å². The Morgan fingerprint density at radius 2 is 2.26 bits per heavy atom. The number of carbonyl (C=O) groups excluding carboxylic acids is 1. The van der Waals surface area contributed by atoms with E-state index in [2.05, 4.69) is 36.5 Å². The van der Waals surface area contributed by atoms with Crippen LogP contribution in [0, 0.1) is 0 Å². The van der Waals surface area contributed by atoms with E-state index in [9.17, 15) is 4.79 Å². The Labute approximate surface area is 166 Å². The highest BCUT2D eigenvalue weighted by Gasteiger charge is 2.31. The van der Waals surface area contributed by atoms with E-state index in [1.54, 1.807) is 23.7 Å². The van der Waals surface area contributed by atoms with Crippen molar-refractivity contribution >= 4 is 29.0 Å². The highest BCUT2D eigenvalue weighted by Crippen LogP contribution is 2.41. The lowest BCUT2D eigenvalue weighted by molar-refractivity contribution is -0.120. The highest BCUT2D eigenvalue weighted by molar-refractivity contribution is 8.00. The van der Waals surface area contributed by atoms with Crippen molar-refractivity contribution < 1.29 is 4.79 Å². The Morgan fingerprint density at radius 3 is 2.96 bits per heavy atom. The number of hydrogen-bond donors (Lipinski definition) is 1. The number of pyridine rings is 1. The minimum atomic E-state index is -0.225. The first-order chi connectivity index (χ1) is 13.2. The molecule has 3 aromatic heterocycles. The molecule has 3 heterocycles. The van der Waals surface area contributed by atoms with Crippen LogP contribution in [0.4, 0.5) is 0 Å². The maximum absolute atomic E-state index is 12.5. The zero-order valence-corrected chi connectivity index (χ0v) is 16.7. The molecular formula is C19H21N5OS2. The maximum Gasteiger partial charge on any atom is 0.233 e. The van der Waals surface area contributed by atoms with Crippen molar-refractivity contribution in [3.05, 3.63) is 46.9 Å². The number of carbonyl (C=O) groups is 1. The van der Waals surface area contributed by atoms with Gasteiger partial charge >= 0.3 is 0 Å². The molecule has 1 amide bonds. The molecule has 1 saturated carbocycles. The second-order valence-electron chi connectivity index (χ2n) is 6.53. The van der Waals surface area contributed by atoms with Gasteiger partial charge in [-0.1, -0.05) is 17.8 Å². The minimum Gasteiger partial charge on any atom is -0.355 e. The summed E-state index contributed by atoms with van der Waals surface area (Å²) in [6, 6.07) is 8.44. The van der Waals surface area contributed by atoms with Crippen LogP contribution in [0.15, 0.2) is 47.2 Å². The molecule has 0 unspecified atom stereocenters. The summed E-state index contributed by atoms with van der Waals surface area (Å²) < 4.78 is 2.16. The average molecular weight is 400 g/mol. The van der Waals surface area contributed by atoms with Crippen molar-refractivity contribution in [3.63, 3.8) is 0 Å². The number of hydrogen-bond acceptors (Lipinski definition) is 6. The fraction of sp³-hybridized carbons (Fsp3) is 0.368. The smallest absolute Gasteiger partial charge is 0.233 e. The lowest BCUT2D eigenvalue weighted by Crippen LogP contribution is -2.32. The van der Waals surface area contributed by atoms with E-state index >= 15 is 0 Å². The molecule has 1 fully saturated rings. The van der Waals surface area contributed by atoms with Gasteiger partial charge in [-0.05, 0) is 49.8 Å². The Morgan fingerprint density at radius 1 is 1.37 bits per heavy atom. The SMILES string of the molecule is C[C@H](Sc1nnc(-c2cccnc2)n1C1CC1)C(=O)NCCc1cccs1. The Balaban J connectivity index is 1.41. The van der Waals surface area contributed by atoms with E-state index in [1.807, 2.05) is 25.1 Å². The number of rotatable bonds is 8. The molecule has 4 rings (SSSR count). The van der Waals surface area contributed by atoms with Crippen LogP contribution < -0.4 is 5.32 Å². The monoisotopic (exact) mass is 399 g/mol. The summed E-state index contributed by atoms with van der Waals surface area (Å²) in [5, 5.41) is 14.4. The van der Waals surface area contributed by atoms with Crippen LogP contribution in [0.1, 0.15) is 30.7 Å². The van der Waals surface area contributed by atoms with Crippen LogP contribution in [0.3, 0.4) is 0 Å². The van der Waals surface area contributed by atoms with Gasteiger partial charge in [-0.2, -0.15) is 0 Å². The topological polar surface area (TPSA) is 72.7 Å². The minimum absolute atomic E-state index is 0.0323. The zero-order valence-electron chi connectivity index (χ0n) is 15.0. The third-order valence-electron chi connectivity index (χ3n) is 4.40. The standard InChI is InChI=1S/C19H21N5OS2/c1-13(18(25)21-10-8-16-5-3-11-26-16)27-19-23-22-17(24(19)15-6-7-15)14-4-2-9-20-12-14/h2-5,9,11-13,15H,6-8,10H2,1H3,(H,21,25)/t13-/m0/s1. The first-order valence-electron chi connectivity index (χ1n) is 9.04. The van der Waals surface area contributed by atoms with Crippen LogP contribution in [0.25, 0.3) is 11.4 Å². The Bertz CT molecular complexity index is 890. The molecule has 140 valence electrons. The van der Waals surface area contributed by atoms with E-state index in [0.29, 0.717) is 12.6 Å². The zero-order chi connectivity index (χ0) is 18.6. The summed E-state index contributed by atoms with van der Waals surface area (Å²) in [5.41, 5.74) is 0.955. The van der Waals surface area contributed by atoms with Crippen LogP contribution >= 0.6 is 23.1 Å². The molecule has 0 spiro atoms. The van der Waals surface area contributed by atoms with Crippen molar-refractivity contribution in [3.8, 4) is 11.4 Å². The second kappa shape index (κ2) is 8.22. The predicted octanol–water partition coefficient (Wildman–Crippen LogP) is 3.58. The summed E-state index contributed by atoms with van der Waals surface area (Å²) in [5.74, 6) is 0.864. The molecule has 27 heavy (non-hydrogen) atoms. The van der Waals surface area contributed by atoms with Crippen LogP contribution in [-0.4, -0.2) is 37.5 Å². The van der Waals surface area contributed by atoms with Gasteiger partial charge in [0, 0.05) is 35.4 Å². The molecule has 0 aromatic carbocycles. The fourth-order valence-electron chi connectivity index (χ4n) is 2.83. The predicted molar refractivity (Wildman–Crippen MR) is 108 cm³/mol. The lowest BCUT2D eigenvalue weighted by Gasteiger charge is -2.13. The molecule has 0 saturated heterocycles. The number of thiophene rings is 1. The summed E-state index contributed by atoms with van der Waals surface area (Å²) in [4.78, 5) is 17.9. The molecule has 6 nitrogen and oxygen atoms in total. The van der Waals surface area contributed by atoms with Crippen LogP contribution in [0.2, 0.25) is 0 Å². The van der Waals surface area contributed by atoms with Gasteiger partial charge in [0.25, 0.3) is 0 Å². The lowest BCUT2D eigenvalue weighted by atomic mass is 10.3. The third-order valence-corrected chi connectivity index (χ3v) is 6.39. The van der Waals surface area contributed by atoms with Gasteiger partial charge in [0.1, 0.15) is 0 Å². The largest absolute Gasteiger partial charge is 0.355 e. The number of nitrogens with one attached hydrogen (secondary N) is 1. The van der Waals surface area contributed by atoms with E-state index in [-0.39, 0.29) is 11.2 Å². The molecular weight excluding hydrogens is 378 g/mol. The van der Waals surface area contributed by atoms with E-state index < -0.39 is 0 Å². The molecule has 0 bridgehead atoms. The quantitative estimate of drug-likeness (QED) is 0.586. The van der Waals surface area contributed by atoms with E-state index in [4.69, 9.17) is 0 Å². The normalized spacial score (nSPS) is 14.9. The van der Waals surface area contributed by atoms with Crippen LogP contribution in [0.5, 0.6) is 0 Å². The first-order valence-corrected chi connectivity index (χ1v) is 10.8. The van der Waals surface area contributed by atoms with Gasteiger partial charge in [0.05, 0.1) is 5.25 Å². The molecule has 1 aliphatic rings. The van der Waals surface area contributed by atoms with Crippen molar-refractivity contribution in [2.24, 2.45) is 0 Å². The van der Waals surface area contributed by atoms with Gasteiger partial charge in [0.2, 0.25) is 5.91 Å². The number of nitrogens with zero attached hydrogens (tertiary/aromatic N) is 4. The van der Waals surface area contributed by atoms with E-state index in [0.717, 1.165) is 35.8 Å². The van der Waals surface area contributed by atoms with Gasteiger partial charge in [-0.15, -0.1) is 21.5 Å². The summed E-state index contributed by atoms with van der Waals surface area (Å²) in [7, 11) is 0. The first kappa shape index (κ1) is 18.2. The summed E-state index contributed by atoms with van der Waals surface area (Å²) >= 11 is 3.18. The number of amides is 1. The van der Waals surface area contributed by atoms with Crippen molar-refractivity contribution in [1.82, 2.24) is 25.1 Å². The molecule has 0 aliphatic heterocycles. The Hall–Kier alpha value is -2.19. The Kier molecular flexibility index (Phi) is 5.54.